The van der Waals surface area contributed by atoms with Crippen molar-refractivity contribution >= 4 is 23.8 Å². The number of aliphatic hydroxyl groups is 4. The number of hydrogen-bond acceptors (Lipinski definition) is 13. The Bertz CT molecular complexity index is 1440. The van der Waals surface area contributed by atoms with Gasteiger partial charge in [-0.1, -0.05) is 52.0 Å². The van der Waals surface area contributed by atoms with Crippen LogP contribution in [0.3, 0.4) is 0 Å². The molecule has 0 aliphatic carbocycles. The van der Waals surface area contributed by atoms with E-state index in [1.807, 2.05) is 0 Å². The van der Waals surface area contributed by atoms with Gasteiger partial charge in [0.1, 0.15) is 18.2 Å². The second kappa shape index (κ2) is 17.7. The fourth-order valence-electron chi connectivity index (χ4n) is 7.77. The molecule has 3 heterocycles. The van der Waals surface area contributed by atoms with Crippen LogP contribution in [-0.2, 0) is 28.5 Å². The zero-order chi connectivity index (χ0) is 38.6. The highest BCUT2D eigenvalue weighted by atomic mass is 16.7. The lowest BCUT2D eigenvalue weighted by Gasteiger charge is -2.46. The van der Waals surface area contributed by atoms with Crippen LogP contribution in [0.15, 0.2) is 42.0 Å². The number of carbonyl (C=O) groups is 4. The van der Waals surface area contributed by atoms with Crippen LogP contribution in [0.2, 0.25) is 0 Å². The molecule has 4 N–H and O–H groups in total. The molecule has 1 aromatic rings. The molecule has 2 saturated heterocycles. The number of cyclic esters (lactones) is 1. The molecule has 3 aliphatic heterocycles. The molecule has 3 aliphatic rings. The predicted octanol–water partition coefficient (Wildman–Crippen LogP) is 2.31. The molecule has 0 spiro atoms. The van der Waals surface area contributed by atoms with E-state index in [1.165, 1.54) is 12.1 Å². The largest absolute Gasteiger partial charge is 0.462 e. The summed E-state index contributed by atoms with van der Waals surface area (Å²) in [7, 11) is 3.43. The van der Waals surface area contributed by atoms with Crippen molar-refractivity contribution in [3.8, 4) is 0 Å². The average molecular weight is 733 g/mol. The fourth-order valence-corrected chi connectivity index (χ4v) is 7.77. The summed E-state index contributed by atoms with van der Waals surface area (Å²) < 4.78 is 23.9. The van der Waals surface area contributed by atoms with Crippen molar-refractivity contribution in [2.45, 2.75) is 122 Å². The molecule has 14 heteroatoms. The molecular formula is C38H56N2O12. The summed E-state index contributed by atoms with van der Waals surface area (Å²) in [6.45, 7) is 9.79. The topological polar surface area (TPSA) is 193 Å². The van der Waals surface area contributed by atoms with E-state index in [4.69, 9.17) is 18.9 Å². The summed E-state index contributed by atoms with van der Waals surface area (Å²) in [6.07, 6.45) is -7.80. The van der Waals surface area contributed by atoms with Crippen molar-refractivity contribution in [3.63, 3.8) is 0 Å². The van der Waals surface area contributed by atoms with E-state index in [-0.39, 0.29) is 12.0 Å². The van der Waals surface area contributed by atoms with Gasteiger partial charge in [-0.25, -0.2) is 9.69 Å². The Morgan fingerprint density at radius 1 is 1.00 bits per heavy atom. The van der Waals surface area contributed by atoms with Crippen LogP contribution in [0.5, 0.6) is 0 Å². The number of carbonyl (C=O) groups excluding carboxylic acids is 4. The highest BCUT2D eigenvalue weighted by Gasteiger charge is 2.52. The highest BCUT2D eigenvalue weighted by Crippen LogP contribution is 2.36. The Kier molecular flexibility index (Phi) is 14.1. The lowest BCUT2D eigenvalue weighted by atomic mass is 9.80. The van der Waals surface area contributed by atoms with Gasteiger partial charge in [0.25, 0.3) is 5.91 Å². The average Bonchev–Trinajstić information content (AvgIpc) is 3.46. The quantitative estimate of drug-likeness (QED) is 0.246. The van der Waals surface area contributed by atoms with E-state index in [0.717, 1.165) is 4.90 Å². The van der Waals surface area contributed by atoms with Crippen LogP contribution in [-0.4, -0.2) is 136 Å². The minimum atomic E-state index is -1.36. The first-order valence-corrected chi connectivity index (χ1v) is 18.1. The Morgan fingerprint density at radius 2 is 1.65 bits per heavy atom. The molecule has 2 fully saturated rings. The maximum Gasteiger partial charge on any atom is 0.418 e. The fraction of sp³-hybridized carbons (Fsp3) is 0.684. The molecule has 290 valence electrons. The van der Waals surface area contributed by atoms with Crippen LogP contribution in [0.4, 0.5) is 4.79 Å². The first kappa shape index (κ1) is 41.5. The Hall–Kier alpha value is -3.24. The maximum atomic E-state index is 14.5. The number of Topliss-reactive ketones (excluding diaryl/α,β-unsaturated/α-hetero) is 1. The Balaban J connectivity index is 1.77. The highest BCUT2D eigenvalue weighted by molar-refractivity contribution is 6.08. The molecule has 14 nitrogen and oxygen atoms in total. The van der Waals surface area contributed by atoms with E-state index >= 15 is 0 Å². The molecule has 4 rings (SSSR count). The van der Waals surface area contributed by atoms with Gasteiger partial charge < -0.3 is 44.3 Å². The van der Waals surface area contributed by atoms with Gasteiger partial charge in [-0.2, -0.15) is 0 Å². The number of benzene rings is 1. The molecule has 0 bridgehead atoms. The summed E-state index contributed by atoms with van der Waals surface area (Å²) in [5.74, 6) is -4.68. The third-order valence-electron chi connectivity index (χ3n) is 10.8. The van der Waals surface area contributed by atoms with Gasteiger partial charge in [-0.05, 0) is 64.4 Å². The van der Waals surface area contributed by atoms with Crippen LogP contribution in [0.1, 0.15) is 71.2 Å². The second-order valence-corrected chi connectivity index (χ2v) is 14.9. The Morgan fingerprint density at radius 3 is 2.25 bits per heavy atom. The van der Waals surface area contributed by atoms with Crippen molar-refractivity contribution in [2.75, 3.05) is 20.7 Å². The number of imide groups is 1. The van der Waals surface area contributed by atoms with E-state index < -0.39 is 122 Å². The molecule has 1 aromatic carbocycles. The van der Waals surface area contributed by atoms with Gasteiger partial charge in [-0.3, -0.25) is 14.4 Å². The summed E-state index contributed by atoms with van der Waals surface area (Å²) in [6, 6.07) is 5.99. The first-order valence-electron chi connectivity index (χ1n) is 18.1. The molecule has 2 amide bonds. The monoisotopic (exact) mass is 732 g/mol. The number of ketones is 1. The number of nitrogens with zero attached hydrogens (tertiary/aromatic N) is 2. The summed E-state index contributed by atoms with van der Waals surface area (Å²) >= 11 is 0. The zero-order valence-electron chi connectivity index (χ0n) is 31.3. The number of aliphatic hydroxyl groups excluding tert-OH is 4. The zero-order valence-corrected chi connectivity index (χ0v) is 31.3. The van der Waals surface area contributed by atoms with Crippen molar-refractivity contribution in [3.05, 3.63) is 47.5 Å². The molecule has 52 heavy (non-hydrogen) atoms. The van der Waals surface area contributed by atoms with Crippen molar-refractivity contribution in [1.29, 1.82) is 0 Å². The van der Waals surface area contributed by atoms with Gasteiger partial charge in [0, 0.05) is 23.3 Å². The standard InChI is InChI=1S/C38H56N2O12/c1-9-27-25(18-41)16-21(4)35-30(40(38(48)52-35)36(47)24-13-11-10-12-14-24)31(44)19(2)15-20(3)34(22(5)26(42)17-28(43)50-27)51-37-33(46)29(39(7)8)32(45)23(6)49-37/h10-14,16,19-20,22-23,25-27,29-30,32-35,37,41-42,45-46H,9,15,17-18H2,1-8H3/b21-16+/t19-,20+,22+,23-,25-,26-,27-,29+,30?,32-,33-,34+,35?,37+/m1/s1. The van der Waals surface area contributed by atoms with Crippen molar-refractivity contribution in [1.82, 2.24) is 9.80 Å². The summed E-state index contributed by atoms with van der Waals surface area (Å²) in [5.41, 5.74) is 0.576. The number of likely N-dealkylation sites (N-methyl/N-ethyl adjacent to an activating group) is 1. The van der Waals surface area contributed by atoms with Crippen molar-refractivity contribution < 1.29 is 58.6 Å². The second-order valence-electron chi connectivity index (χ2n) is 14.9. The number of ether oxygens (including phenoxy) is 4. The van der Waals surface area contributed by atoms with Gasteiger partial charge in [-0.15, -0.1) is 0 Å². The number of amides is 2. The van der Waals surface area contributed by atoms with E-state index in [2.05, 4.69) is 0 Å². The summed E-state index contributed by atoms with van der Waals surface area (Å²) in [4.78, 5) is 57.6. The lowest BCUT2D eigenvalue weighted by Crippen LogP contribution is -2.63. The third-order valence-corrected chi connectivity index (χ3v) is 10.8. The summed E-state index contributed by atoms with van der Waals surface area (Å²) in [5, 5.41) is 43.9. The van der Waals surface area contributed by atoms with Gasteiger partial charge in [0.05, 0.1) is 43.5 Å². The SMILES string of the molecule is CC[C@H]1OC(=O)C[C@@H](O)[C@H](C)[C@@H](O[C@@H]2O[C@H](C)[C@@H](O)[C@H](N(C)C)[C@H]2O)[C@@H](C)C[C@@H](C)C(=O)C2C(OC(=O)N2C(=O)c2ccccc2)/C(C)=C/[C@@H]1CO. The van der Waals surface area contributed by atoms with Crippen LogP contribution >= 0.6 is 0 Å². The smallest absolute Gasteiger partial charge is 0.418 e. The molecule has 0 aromatic heterocycles. The molecule has 0 saturated carbocycles. The number of esters is 1. The lowest BCUT2D eigenvalue weighted by molar-refractivity contribution is -0.303. The minimum absolute atomic E-state index is 0.147. The molecular weight excluding hydrogens is 676 g/mol. The van der Waals surface area contributed by atoms with Gasteiger partial charge >= 0.3 is 12.1 Å². The molecule has 14 atom stereocenters. The molecule has 2 unspecified atom stereocenters. The van der Waals surface area contributed by atoms with E-state index in [0.29, 0.717) is 12.0 Å². The van der Waals surface area contributed by atoms with Crippen LogP contribution in [0, 0.1) is 23.7 Å². The predicted molar refractivity (Wildman–Crippen MR) is 188 cm³/mol. The van der Waals surface area contributed by atoms with E-state index in [1.54, 1.807) is 84.8 Å². The minimum Gasteiger partial charge on any atom is -0.462 e. The number of rotatable bonds is 6. The molecule has 0 radical (unpaired) electrons. The Labute approximate surface area is 305 Å². The van der Waals surface area contributed by atoms with Gasteiger partial charge in [0.2, 0.25) is 0 Å². The number of fused-ring (bicyclic) bond motifs is 1. The maximum absolute atomic E-state index is 14.5. The van der Waals surface area contributed by atoms with Crippen molar-refractivity contribution in [2.24, 2.45) is 23.7 Å². The van der Waals surface area contributed by atoms with E-state index in [9.17, 15) is 39.6 Å². The number of hydrogen-bond donors (Lipinski definition) is 4. The third kappa shape index (κ3) is 8.92. The first-order chi connectivity index (χ1) is 24.5. The van der Waals surface area contributed by atoms with Gasteiger partial charge in [0.15, 0.2) is 18.2 Å². The normalized spacial score (nSPS) is 39.4. The van der Waals surface area contributed by atoms with Crippen LogP contribution < -0.4 is 0 Å². The van der Waals surface area contributed by atoms with Crippen LogP contribution in [0.25, 0.3) is 0 Å².